The van der Waals surface area contributed by atoms with Crippen LogP contribution < -0.4 is 5.32 Å². The Bertz CT molecular complexity index is 661. The molecule has 1 aromatic heterocycles. The number of hydrogen-bond acceptors (Lipinski definition) is 5. The van der Waals surface area contributed by atoms with Gasteiger partial charge in [0, 0.05) is 34.9 Å². The van der Waals surface area contributed by atoms with Crippen LogP contribution in [0.15, 0.2) is 24.3 Å². The van der Waals surface area contributed by atoms with Gasteiger partial charge in [0.2, 0.25) is 0 Å². The Morgan fingerprint density at radius 2 is 2.19 bits per heavy atom. The Morgan fingerprint density at radius 1 is 1.43 bits per heavy atom. The summed E-state index contributed by atoms with van der Waals surface area (Å²) >= 11 is 1.81. The minimum atomic E-state index is -0.375. The fraction of sp³-hybridized carbons (Fsp3) is 0.400. The zero-order valence-electron chi connectivity index (χ0n) is 12.4. The molecule has 0 radical (unpaired) electrons. The topological polar surface area (TPSA) is 68.1 Å². The van der Waals surface area contributed by atoms with Crippen LogP contribution in [0.3, 0.4) is 0 Å². The highest BCUT2D eigenvalue weighted by atomic mass is 32.2. The van der Waals surface area contributed by atoms with E-state index in [-0.39, 0.29) is 10.6 Å². The minimum Gasteiger partial charge on any atom is -0.382 e. The van der Waals surface area contributed by atoms with E-state index < -0.39 is 0 Å². The van der Waals surface area contributed by atoms with Crippen molar-refractivity contribution >= 4 is 34.0 Å². The molecule has 0 aliphatic carbocycles. The first-order valence-corrected chi connectivity index (χ1v) is 8.22. The zero-order valence-corrected chi connectivity index (χ0v) is 13.2. The molecule has 0 aliphatic heterocycles. The van der Waals surface area contributed by atoms with Crippen LogP contribution >= 0.6 is 11.8 Å². The van der Waals surface area contributed by atoms with Crippen molar-refractivity contribution in [2.45, 2.75) is 26.3 Å². The van der Waals surface area contributed by atoms with Gasteiger partial charge in [-0.05, 0) is 44.4 Å². The van der Waals surface area contributed by atoms with Gasteiger partial charge in [0.15, 0.2) is 0 Å². The van der Waals surface area contributed by atoms with E-state index in [0.29, 0.717) is 6.04 Å². The zero-order chi connectivity index (χ0) is 15.4. The summed E-state index contributed by atoms with van der Waals surface area (Å²) in [5, 5.41) is 15.2. The van der Waals surface area contributed by atoms with Gasteiger partial charge in [-0.25, -0.2) is 0 Å². The molecule has 1 N–H and O–H groups in total. The van der Waals surface area contributed by atoms with E-state index in [1.54, 1.807) is 12.1 Å². The number of fused-ring (bicyclic) bond motifs is 1. The van der Waals surface area contributed by atoms with Crippen LogP contribution in [0.1, 0.15) is 19.0 Å². The molecule has 2 aromatic rings. The number of nitrogens with zero attached hydrogens (tertiary/aromatic N) is 2. The van der Waals surface area contributed by atoms with E-state index in [4.69, 9.17) is 0 Å². The van der Waals surface area contributed by atoms with Crippen molar-refractivity contribution in [3.8, 4) is 0 Å². The predicted molar refractivity (Wildman–Crippen MR) is 89.2 cm³/mol. The maximum Gasteiger partial charge on any atom is 0.270 e. The standard InChI is InChI=1S/C15H19N3O2S/c1-10(6-7-21-3)16-15-8-11(2)17-14-5-4-12(18(19)20)9-13(14)15/h4-5,8-10H,6-7H2,1-3H3,(H,16,17). The van der Waals surface area contributed by atoms with Gasteiger partial charge in [-0.15, -0.1) is 0 Å². The molecule has 112 valence electrons. The normalized spacial score (nSPS) is 12.3. The van der Waals surface area contributed by atoms with Gasteiger partial charge >= 0.3 is 0 Å². The fourth-order valence-corrected chi connectivity index (χ4v) is 2.80. The van der Waals surface area contributed by atoms with Crippen LogP contribution in [-0.4, -0.2) is 28.0 Å². The lowest BCUT2D eigenvalue weighted by Crippen LogP contribution is -2.16. The van der Waals surface area contributed by atoms with Crippen LogP contribution in [0.5, 0.6) is 0 Å². The highest BCUT2D eigenvalue weighted by Crippen LogP contribution is 2.28. The molecule has 0 fully saturated rings. The summed E-state index contributed by atoms with van der Waals surface area (Å²) in [5.74, 6) is 1.08. The predicted octanol–water partition coefficient (Wildman–Crippen LogP) is 4.00. The quantitative estimate of drug-likeness (QED) is 0.645. The molecule has 0 amide bonds. The van der Waals surface area contributed by atoms with Gasteiger partial charge in [-0.1, -0.05) is 0 Å². The molecule has 0 saturated carbocycles. The Morgan fingerprint density at radius 3 is 2.86 bits per heavy atom. The Hall–Kier alpha value is -1.82. The van der Waals surface area contributed by atoms with E-state index >= 15 is 0 Å². The second-order valence-corrected chi connectivity index (χ2v) is 6.08. The molecule has 1 aromatic carbocycles. The maximum absolute atomic E-state index is 10.9. The summed E-state index contributed by atoms with van der Waals surface area (Å²) in [6.45, 7) is 4.05. The third-order valence-corrected chi connectivity index (χ3v) is 3.93. The summed E-state index contributed by atoms with van der Waals surface area (Å²) in [7, 11) is 0. The van der Waals surface area contributed by atoms with Crippen molar-refractivity contribution in [2.24, 2.45) is 0 Å². The average Bonchev–Trinajstić information content (AvgIpc) is 2.44. The lowest BCUT2D eigenvalue weighted by atomic mass is 10.1. The first kappa shape index (κ1) is 15.6. The summed E-state index contributed by atoms with van der Waals surface area (Å²) < 4.78 is 0. The van der Waals surface area contributed by atoms with Gasteiger partial charge in [-0.3, -0.25) is 15.1 Å². The number of nitro benzene ring substituents is 1. The number of hydrogen-bond donors (Lipinski definition) is 1. The van der Waals surface area contributed by atoms with Crippen molar-refractivity contribution in [3.63, 3.8) is 0 Å². The van der Waals surface area contributed by atoms with Crippen molar-refractivity contribution in [2.75, 3.05) is 17.3 Å². The van der Waals surface area contributed by atoms with Gasteiger partial charge in [0.25, 0.3) is 5.69 Å². The number of thioether (sulfide) groups is 1. The lowest BCUT2D eigenvalue weighted by Gasteiger charge is -2.17. The highest BCUT2D eigenvalue weighted by molar-refractivity contribution is 7.98. The second-order valence-electron chi connectivity index (χ2n) is 5.10. The molecule has 5 nitrogen and oxygen atoms in total. The van der Waals surface area contributed by atoms with E-state index in [0.717, 1.165) is 34.5 Å². The largest absolute Gasteiger partial charge is 0.382 e. The van der Waals surface area contributed by atoms with Crippen LogP contribution in [0.4, 0.5) is 11.4 Å². The Balaban J connectivity index is 2.40. The SMILES string of the molecule is CSCCC(C)Nc1cc(C)nc2ccc([N+](=O)[O-])cc12. The van der Waals surface area contributed by atoms with E-state index in [9.17, 15) is 10.1 Å². The van der Waals surface area contributed by atoms with Gasteiger partial charge in [0.05, 0.1) is 10.4 Å². The first-order chi connectivity index (χ1) is 10.0. The number of nitrogens with one attached hydrogen (secondary N) is 1. The molecule has 1 unspecified atom stereocenters. The molecule has 0 bridgehead atoms. The third kappa shape index (κ3) is 3.85. The van der Waals surface area contributed by atoms with E-state index in [1.165, 1.54) is 6.07 Å². The van der Waals surface area contributed by atoms with Crippen molar-refractivity contribution < 1.29 is 4.92 Å². The number of anilines is 1. The average molecular weight is 305 g/mol. The molecule has 0 aliphatic rings. The van der Waals surface area contributed by atoms with Crippen LogP contribution in [0, 0.1) is 17.0 Å². The first-order valence-electron chi connectivity index (χ1n) is 6.82. The highest BCUT2D eigenvalue weighted by Gasteiger charge is 2.12. The molecule has 6 heteroatoms. The lowest BCUT2D eigenvalue weighted by molar-refractivity contribution is -0.384. The number of pyridine rings is 1. The van der Waals surface area contributed by atoms with Crippen LogP contribution in [0.2, 0.25) is 0 Å². The summed E-state index contributed by atoms with van der Waals surface area (Å²) in [6, 6.07) is 7.04. The molecule has 2 rings (SSSR count). The smallest absolute Gasteiger partial charge is 0.270 e. The number of aromatic nitrogens is 1. The molecular formula is C15H19N3O2S. The van der Waals surface area contributed by atoms with Crippen LogP contribution in [0.25, 0.3) is 10.9 Å². The van der Waals surface area contributed by atoms with Crippen molar-refractivity contribution in [3.05, 3.63) is 40.1 Å². The molecular weight excluding hydrogens is 286 g/mol. The van der Waals surface area contributed by atoms with Gasteiger partial charge < -0.3 is 5.32 Å². The number of aryl methyl sites for hydroxylation is 1. The summed E-state index contributed by atoms with van der Waals surface area (Å²) in [6.07, 6.45) is 3.13. The third-order valence-electron chi connectivity index (χ3n) is 3.29. The van der Waals surface area contributed by atoms with Gasteiger partial charge in [-0.2, -0.15) is 11.8 Å². The number of benzene rings is 1. The van der Waals surface area contributed by atoms with Gasteiger partial charge in [0.1, 0.15) is 0 Å². The maximum atomic E-state index is 10.9. The molecule has 21 heavy (non-hydrogen) atoms. The number of nitro groups is 1. The number of non-ortho nitro benzene ring substituents is 1. The minimum absolute atomic E-state index is 0.0907. The summed E-state index contributed by atoms with van der Waals surface area (Å²) in [5.41, 5.74) is 2.68. The molecule has 1 heterocycles. The molecule has 0 saturated heterocycles. The fourth-order valence-electron chi connectivity index (χ4n) is 2.21. The van der Waals surface area contributed by atoms with E-state index in [1.807, 2.05) is 24.8 Å². The number of rotatable bonds is 6. The van der Waals surface area contributed by atoms with Crippen LogP contribution in [-0.2, 0) is 0 Å². The van der Waals surface area contributed by atoms with Crippen molar-refractivity contribution in [1.82, 2.24) is 4.98 Å². The monoisotopic (exact) mass is 305 g/mol. The second kappa shape index (κ2) is 6.76. The summed E-state index contributed by atoms with van der Waals surface area (Å²) in [4.78, 5) is 15.0. The Kier molecular flexibility index (Phi) is 5.01. The molecule has 1 atom stereocenters. The Labute approximate surface area is 128 Å². The van der Waals surface area contributed by atoms with E-state index in [2.05, 4.69) is 23.5 Å². The molecule has 0 spiro atoms. The van der Waals surface area contributed by atoms with Crippen molar-refractivity contribution in [1.29, 1.82) is 0 Å².